The minimum absolute atomic E-state index is 0.0705. The predicted octanol–water partition coefficient (Wildman–Crippen LogP) is 3.91. The molecule has 0 aliphatic heterocycles. The van der Waals surface area contributed by atoms with E-state index in [4.69, 9.17) is 0 Å². The maximum Gasteiger partial charge on any atom is 0.387 e. The number of Topliss-reactive ketones (excluding diaryl/α,β-unsaturated/α-hetero) is 1. The third kappa shape index (κ3) is 5.99. The Morgan fingerprint density at radius 2 is 1.64 bits per heavy atom. The van der Waals surface area contributed by atoms with Crippen molar-refractivity contribution >= 4 is 11.7 Å². The highest BCUT2D eigenvalue weighted by molar-refractivity contribution is 5.97. The van der Waals surface area contributed by atoms with E-state index in [0.29, 0.717) is 12.1 Å². The minimum Gasteiger partial charge on any atom is -0.435 e. The lowest BCUT2D eigenvalue weighted by atomic mass is 10.1. The Morgan fingerprint density at radius 3 is 2.24 bits per heavy atom. The lowest BCUT2D eigenvalue weighted by Gasteiger charge is -2.17. The van der Waals surface area contributed by atoms with Crippen LogP contribution in [0.1, 0.15) is 28.8 Å². The summed E-state index contributed by atoms with van der Waals surface area (Å²) in [6.07, 6.45) is 0.269. The van der Waals surface area contributed by atoms with Crippen LogP contribution in [0.4, 0.5) is 8.78 Å². The first-order chi connectivity index (χ1) is 12.0. The van der Waals surface area contributed by atoms with Crippen molar-refractivity contribution in [3.05, 3.63) is 65.7 Å². The van der Waals surface area contributed by atoms with Crippen LogP contribution in [0.2, 0.25) is 0 Å². The summed E-state index contributed by atoms with van der Waals surface area (Å²) in [6.45, 7) is -2.54. The summed E-state index contributed by atoms with van der Waals surface area (Å²) in [4.78, 5) is 25.7. The van der Waals surface area contributed by atoms with Gasteiger partial charge in [0.1, 0.15) is 5.75 Å². The van der Waals surface area contributed by atoms with E-state index in [9.17, 15) is 18.4 Å². The molecule has 0 saturated heterocycles. The minimum atomic E-state index is -2.86. The van der Waals surface area contributed by atoms with Crippen molar-refractivity contribution in [2.45, 2.75) is 26.0 Å². The van der Waals surface area contributed by atoms with Crippen LogP contribution in [-0.2, 0) is 11.3 Å². The molecule has 0 unspecified atom stereocenters. The third-order valence-corrected chi connectivity index (χ3v) is 3.66. The SMILES string of the molecule is CN(Cc1ccc(OC(F)F)cc1)C(=O)CCC(=O)c1ccccc1. The van der Waals surface area contributed by atoms with E-state index in [0.717, 1.165) is 5.56 Å². The molecule has 0 aliphatic rings. The van der Waals surface area contributed by atoms with E-state index in [-0.39, 0.29) is 30.3 Å². The van der Waals surface area contributed by atoms with Crippen molar-refractivity contribution in [2.75, 3.05) is 7.05 Å². The lowest BCUT2D eigenvalue weighted by Crippen LogP contribution is -2.26. The van der Waals surface area contributed by atoms with Crippen LogP contribution in [0.15, 0.2) is 54.6 Å². The molecular weight excluding hydrogens is 328 g/mol. The molecular formula is C19H19F2NO3. The van der Waals surface area contributed by atoms with Gasteiger partial charge in [-0.3, -0.25) is 9.59 Å². The van der Waals surface area contributed by atoms with Gasteiger partial charge in [-0.1, -0.05) is 42.5 Å². The van der Waals surface area contributed by atoms with Crippen molar-refractivity contribution < 1.29 is 23.1 Å². The monoisotopic (exact) mass is 347 g/mol. The molecule has 2 rings (SSSR count). The first-order valence-electron chi connectivity index (χ1n) is 7.81. The standard InChI is InChI=1S/C19H19F2NO3/c1-22(13-14-7-9-16(10-8-14)25-19(20)21)18(24)12-11-17(23)15-5-3-2-4-6-15/h2-10,19H,11-13H2,1H3. The maximum absolute atomic E-state index is 12.1. The van der Waals surface area contributed by atoms with E-state index in [2.05, 4.69) is 4.74 Å². The molecule has 0 fully saturated rings. The highest BCUT2D eigenvalue weighted by Gasteiger charge is 2.13. The quantitative estimate of drug-likeness (QED) is 0.680. The maximum atomic E-state index is 12.1. The number of hydrogen-bond donors (Lipinski definition) is 0. The second kappa shape index (κ2) is 8.92. The summed E-state index contributed by atoms with van der Waals surface area (Å²) in [7, 11) is 1.64. The zero-order chi connectivity index (χ0) is 18.2. The molecule has 0 radical (unpaired) electrons. The number of nitrogens with zero attached hydrogens (tertiary/aromatic N) is 1. The van der Waals surface area contributed by atoms with Gasteiger partial charge in [0, 0.05) is 32.0 Å². The van der Waals surface area contributed by atoms with Gasteiger partial charge < -0.3 is 9.64 Å². The largest absolute Gasteiger partial charge is 0.435 e. The Labute approximate surface area is 145 Å². The number of amides is 1. The summed E-state index contributed by atoms with van der Waals surface area (Å²) in [5.74, 6) is -0.158. The molecule has 25 heavy (non-hydrogen) atoms. The Balaban J connectivity index is 1.82. The van der Waals surface area contributed by atoms with Gasteiger partial charge in [0.15, 0.2) is 5.78 Å². The number of carbonyl (C=O) groups is 2. The van der Waals surface area contributed by atoms with Crippen LogP contribution in [0, 0.1) is 0 Å². The average Bonchev–Trinajstić information content (AvgIpc) is 2.61. The van der Waals surface area contributed by atoms with Gasteiger partial charge in [0.05, 0.1) is 0 Å². The number of ketones is 1. The number of ether oxygens (including phenoxy) is 1. The number of alkyl halides is 2. The van der Waals surface area contributed by atoms with E-state index in [1.807, 2.05) is 6.07 Å². The molecule has 6 heteroatoms. The van der Waals surface area contributed by atoms with Crippen LogP contribution in [-0.4, -0.2) is 30.2 Å². The molecule has 132 valence electrons. The molecule has 0 N–H and O–H groups in total. The zero-order valence-corrected chi connectivity index (χ0v) is 13.8. The fourth-order valence-electron chi connectivity index (χ4n) is 2.32. The summed E-state index contributed by atoms with van der Waals surface area (Å²) < 4.78 is 28.5. The molecule has 0 atom stereocenters. The molecule has 0 aromatic heterocycles. The smallest absolute Gasteiger partial charge is 0.387 e. The predicted molar refractivity (Wildman–Crippen MR) is 89.6 cm³/mol. The zero-order valence-electron chi connectivity index (χ0n) is 13.8. The summed E-state index contributed by atoms with van der Waals surface area (Å²) in [5.41, 5.74) is 1.37. The van der Waals surface area contributed by atoms with Crippen molar-refractivity contribution in [1.82, 2.24) is 4.90 Å². The molecule has 2 aromatic carbocycles. The van der Waals surface area contributed by atoms with Gasteiger partial charge in [-0.25, -0.2) is 0 Å². The molecule has 0 heterocycles. The van der Waals surface area contributed by atoms with Gasteiger partial charge in [0.25, 0.3) is 0 Å². The van der Waals surface area contributed by atoms with Gasteiger partial charge >= 0.3 is 6.61 Å². The van der Waals surface area contributed by atoms with Gasteiger partial charge in [-0.05, 0) is 17.7 Å². The normalized spacial score (nSPS) is 10.6. The highest BCUT2D eigenvalue weighted by atomic mass is 19.3. The number of halogens is 2. The molecule has 0 aliphatic carbocycles. The number of hydrogen-bond acceptors (Lipinski definition) is 3. The van der Waals surface area contributed by atoms with E-state index in [1.165, 1.54) is 17.0 Å². The van der Waals surface area contributed by atoms with Crippen molar-refractivity contribution in [1.29, 1.82) is 0 Å². The Kier molecular flexibility index (Phi) is 6.62. The second-order valence-electron chi connectivity index (χ2n) is 5.56. The van der Waals surface area contributed by atoms with E-state index < -0.39 is 6.61 Å². The molecule has 2 aromatic rings. The number of carbonyl (C=O) groups excluding carboxylic acids is 2. The van der Waals surface area contributed by atoms with Crippen molar-refractivity contribution in [2.24, 2.45) is 0 Å². The van der Waals surface area contributed by atoms with Gasteiger partial charge in [-0.2, -0.15) is 8.78 Å². The number of rotatable bonds is 8. The van der Waals surface area contributed by atoms with Crippen LogP contribution in [0.25, 0.3) is 0 Å². The molecule has 0 spiro atoms. The van der Waals surface area contributed by atoms with Crippen LogP contribution in [0.3, 0.4) is 0 Å². The van der Waals surface area contributed by atoms with E-state index in [1.54, 1.807) is 43.4 Å². The number of benzene rings is 2. The van der Waals surface area contributed by atoms with Gasteiger partial charge in [-0.15, -0.1) is 0 Å². The fourth-order valence-corrected chi connectivity index (χ4v) is 2.32. The first kappa shape index (κ1) is 18.6. The van der Waals surface area contributed by atoms with Crippen LogP contribution >= 0.6 is 0 Å². The van der Waals surface area contributed by atoms with Crippen molar-refractivity contribution in [3.8, 4) is 5.75 Å². The average molecular weight is 347 g/mol. The van der Waals surface area contributed by atoms with Crippen LogP contribution < -0.4 is 4.74 Å². The van der Waals surface area contributed by atoms with Crippen LogP contribution in [0.5, 0.6) is 5.75 Å². The molecule has 0 bridgehead atoms. The fraction of sp³-hybridized carbons (Fsp3) is 0.263. The summed E-state index contributed by atoms with van der Waals surface area (Å²) >= 11 is 0. The Hall–Kier alpha value is -2.76. The molecule has 0 saturated carbocycles. The topological polar surface area (TPSA) is 46.6 Å². The Morgan fingerprint density at radius 1 is 1.00 bits per heavy atom. The van der Waals surface area contributed by atoms with Gasteiger partial charge in [0.2, 0.25) is 5.91 Å². The second-order valence-corrected chi connectivity index (χ2v) is 5.56. The molecule has 1 amide bonds. The lowest BCUT2D eigenvalue weighted by molar-refractivity contribution is -0.130. The van der Waals surface area contributed by atoms with Crippen molar-refractivity contribution in [3.63, 3.8) is 0 Å². The first-order valence-corrected chi connectivity index (χ1v) is 7.81. The molecule has 4 nitrogen and oxygen atoms in total. The summed E-state index contributed by atoms with van der Waals surface area (Å²) in [5, 5.41) is 0. The Bertz CT molecular complexity index is 702. The highest BCUT2D eigenvalue weighted by Crippen LogP contribution is 2.16. The summed E-state index contributed by atoms with van der Waals surface area (Å²) in [6, 6.07) is 14.9. The third-order valence-electron chi connectivity index (χ3n) is 3.66. The van der Waals surface area contributed by atoms with E-state index >= 15 is 0 Å².